The zero-order valence-electron chi connectivity index (χ0n) is 18.0. The van der Waals surface area contributed by atoms with Crippen LogP contribution in [0.4, 0.5) is 0 Å². The van der Waals surface area contributed by atoms with E-state index in [9.17, 15) is 10.0 Å². The summed E-state index contributed by atoms with van der Waals surface area (Å²) < 4.78 is 5.56. The Bertz CT molecular complexity index is 1970. The quantitative estimate of drug-likeness (QED) is 0.277. The summed E-state index contributed by atoms with van der Waals surface area (Å²) in [7, 11) is -1.44. The Balaban J connectivity index is 0.000000118. The van der Waals surface area contributed by atoms with Crippen LogP contribution >= 0.6 is 15.9 Å². The van der Waals surface area contributed by atoms with E-state index in [-0.39, 0.29) is 0 Å². The van der Waals surface area contributed by atoms with Crippen LogP contribution in [-0.4, -0.2) is 26.0 Å². The number of pyridine rings is 2. The van der Waals surface area contributed by atoms with Gasteiger partial charge in [-0.05, 0) is 52.3 Å². The van der Waals surface area contributed by atoms with E-state index in [1.807, 2.05) is 30.3 Å². The van der Waals surface area contributed by atoms with E-state index < -0.39 is 7.12 Å². The molecule has 0 amide bonds. The van der Waals surface area contributed by atoms with Crippen LogP contribution in [0.2, 0.25) is 0 Å². The molecule has 2 aromatic carbocycles. The van der Waals surface area contributed by atoms with Crippen molar-refractivity contribution in [1.82, 2.24) is 8.80 Å². The Morgan fingerprint density at radius 2 is 0.941 bits per heavy atom. The number of rotatable bonds is 1. The molecule has 0 saturated heterocycles. The van der Waals surface area contributed by atoms with Gasteiger partial charge in [0.1, 0.15) is 0 Å². The number of hydrogen-bond acceptors (Lipinski definition) is 2. The monoisotopic (exact) mass is 504 g/mol. The number of hydrogen-bond donors (Lipinski definition) is 2. The van der Waals surface area contributed by atoms with E-state index in [2.05, 4.69) is 91.5 Å². The van der Waals surface area contributed by atoms with Crippen molar-refractivity contribution in [3.05, 3.63) is 102 Å². The summed E-state index contributed by atoms with van der Waals surface area (Å²) in [6.45, 7) is 0. The predicted molar refractivity (Wildman–Crippen MR) is 145 cm³/mol. The van der Waals surface area contributed by atoms with Gasteiger partial charge in [-0.2, -0.15) is 0 Å². The van der Waals surface area contributed by atoms with Gasteiger partial charge in [-0.1, -0.05) is 60.7 Å². The van der Waals surface area contributed by atoms with Gasteiger partial charge in [-0.15, -0.1) is 0 Å². The van der Waals surface area contributed by atoms with Crippen LogP contribution < -0.4 is 5.46 Å². The summed E-state index contributed by atoms with van der Waals surface area (Å²) in [6.07, 6.45) is 0. The molecule has 0 aliphatic heterocycles. The molecule has 0 bridgehead atoms. The fourth-order valence-electron chi connectivity index (χ4n) is 5.38. The largest absolute Gasteiger partial charge is 0.490 e. The molecule has 6 aromatic heterocycles. The van der Waals surface area contributed by atoms with Crippen LogP contribution in [0.5, 0.6) is 0 Å². The molecule has 0 aliphatic carbocycles. The Kier molecular flexibility index (Phi) is 4.21. The average molecular weight is 505 g/mol. The molecular weight excluding hydrogens is 487 g/mol. The standard InChI is InChI=1S/C14H10BNO2.C14H8BrN/c17-15(18)11-8-14-10-5-2-1-4-9(10)12-6-3-7-13(11)16(12)14;15-11-8-14-10-5-2-1-4-9(10)12-6-3-7-13(11)16(12)14/h1-8,17-18H;1-8H. The Morgan fingerprint density at radius 1 is 0.500 bits per heavy atom. The van der Waals surface area contributed by atoms with Crippen LogP contribution in [0.15, 0.2) is 102 Å². The van der Waals surface area contributed by atoms with E-state index in [1.165, 1.54) is 37.2 Å². The van der Waals surface area contributed by atoms with Crippen LogP contribution in [0.3, 0.4) is 0 Å². The summed E-state index contributed by atoms with van der Waals surface area (Å²) >= 11 is 3.62. The first-order valence-electron chi connectivity index (χ1n) is 11.1. The zero-order chi connectivity index (χ0) is 23.0. The van der Waals surface area contributed by atoms with Crippen molar-refractivity contribution in [2.45, 2.75) is 0 Å². The Hall–Kier alpha value is -3.58. The third-order valence-electron chi connectivity index (χ3n) is 6.79. The van der Waals surface area contributed by atoms with Gasteiger partial charge in [0.25, 0.3) is 0 Å². The molecule has 0 radical (unpaired) electrons. The SMILES string of the molecule is Brc1cc2c3ccccc3c3cccc1n32.OB(O)c1cc2c3ccccc3c3cccc1n32. The second-order valence-corrected chi connectivity index (χ2v) is 9.44. The lowest BCUT2D eigenvalue weighted by atomic mass is 9.81. The maximum Gasteiger partial charge on any atom is 0.490 e. The van der Waals surface area contributed by atoms with Crippen LogP contribution in [0, 0.1) is 0 Å². The first-order chi connectivity index (χ1) is 16.6. The highest BCUT2D eigenvalue weighted by Gasteiger charge is 2.21. The molecule has 162 valence electrons. The number of fused-ring (bicyclic) bond motifs is 6. The minimum absolute atomic E-state index is 0.557. The molecule has 0 aliphatic rings. The van der Waals surface area contributed by atoms with Crippen molar-refractivity contribution in [3.63, 3.8) is 0 Å². The molecule has 8 rings (SSSR count). The molecule has 0 spiro atoms. The topological polar surface area (TPSA) is 49.3 Å². The highest BCUT2D eigenvalue weighted by molar-refractivity contribution is 9.10. The number of aromatic nitrogens is 2. The molecule has 6 heteroatoms. The van der Waals surface area contributed by atoms with Crippen LogP contribution in [0.25, 0.3) is 54.6 Å². The van der Waals surface area contributed by atoms with Gasteiger partial charge in [0.15, 0.2) is 0 Å². The first-order valence-corrected chi connectivity index (χ1v) is 11.9. The molecule has 0 unspecified atom stereocenters. The number of nitrogens with zero attached hydrogens (tertiary/aromatic N) is 2. The maximum atomic E-state index is 9.44. The van der Waals surface area contributed by atoms with Gasteiger partial charge in [0, 0.05) is 37.0 Å². The second-order valence-electron chi connectivity index (χ2n) is 8.59. The molecule has 2 N–H and O–H groups in total. The van der Waals surface area contributed by atoms with Gasteiger partial charge >= 0.3 is 7.12 Å². The zero-order valence-corrected chi connectivity index (χ0v) is 19.6. The number of benzene rings is 2. The minimum atomic E-state index is -1.44. The van der Waals surface area contributed by atoms with Gasteiger partial charge in [-0.3, -0.25) is 0 Å². The molecule has 6 heterocycles. The second kappa shape index (κ2) is 7.21. The highest BCUT2D eigenvalue weighted by atomic mass is 79.9. The fraction of sp³-hybridized carbons (Fsp3) is 0. The summed E-state index contributed by atoms with van der Waals surface area (Å²) in [5.41, 5.74) is 7.35. The lowest BCUT2D eigenvalue weighted by molar-refractivity contribution is 0.426. The van der Waals surface area contributed by atoms with Crippen molar-refractivity contribution >= 4 is 83.2 Å². The lowest BCUT2D eigenvalue weighted by Crippen LogP contribution is -2.29. The molecular formula is C28H18BBrN2O2. The predicted octanol–water partition coefficient (Wildman–Crippen LogP) is 5.81. The summed E-state index contributed by atoms with van der Waals surface area (Å²) in [4.78, 5) is 0. The smallest absolute Gasteiger partial charge is 0.423 e. The lowest BCUT2D eigenvalue weighted by Gasteiger charge is -1.99. The minimum Gasteiger partial charge on any atom is -0.423 e. The number of halogens is 1. The molecule has 8 aromatic rings. The van der Waals surface area contributed by atoms with Crippen molar-refractivity contribution in [1.29, 1.82) is 0 Å². The molecule has 0 saturated carbocycles. The average Bonchev–Trinajstić information content (AvgIpc) is 3.59. The van der Waals surface area contributed by atoms with Crippen molar-refractivity contribution < 1.29 is 10.0 Å². The van der Waals surface area contributed by atoms with Crippen molar-refractivity contribution in [2.75, 3.05) is 0 Å². The third kappa shape index (κ3) is 2.61. The third-order valence-corrected chi connectivity index (χ3v) is 7.43. The van der Waals surface area contributed by atoms with Crippen molar-refractivity contribution in [2.24, 2.45) is 0 Å². The summed E-state index contributed by atoms with van der Waals surface area (Å²) in [6, 6.07) is 33.1. The van der Waals surface area contributed by atoms with Crippen LogP contribution in [0.1, 0.15) is 0 Å². The normalized spacial score (nSPS) is 12.0. The van der Waals surface area contributed by atoms with Gasteiger partial charge in [0.05, 0.1) is 27.6 Å². The first kappa shape index (κ1) is 19.9. The Morgan fingerprint density at radius 3 is 1.50 bits per heavy atom. The van der Waals surface area contributed by atoms with E-state index in [4.69, 9.17) is 0 Å². The molecule has 0 fully saturated rings. The van der Waals surface area contributed by atoms with E-state index in [1.54, 1.807) is 0 Å². The van der Waals surface area contributed by atoms with E-state index >= 15 is 0 Å². The summed E-state index contributed by atoms with van der Waals surface area (Å²) in [5.74, 6) is 0. The molecule has 0 atom stereocenters. The highest BCUT2D eigenvalue weighted by Crippen LogP contribution is 2.35. The fourth-order valence-corrected chi connectivity index (χ4v) is 5.90. The van der Waals surface area contributed by atoms with Gasteiger partial charge < -0.3 is 18.8 Å². The van der Waals surface area contributed by atoms with Crippen molar-refractivity contribution in [3.8, 4) is 0 Å². The van der Waals surface area contributed by atoms with E-state index in [0.29, 0.717) is 5.46 Å². The van der Waals surface area contributed by atoms with Gasteiger partial charge in [0.2, 0.25) is 0 Å². The van der Waals surface area contributed by atoms with Gasteiger partial charge in [-0.25, -0.2) is 0 Å². The molecule has 4 nitrogen and oxygen atoms in total. The van der Waals surface area contributed by atoms with E-state index in [0.717, 1.165) is 21.9 Å². The summed E-state index contributed by atoms with van der Waals surface area (Å²) in [5, 5.41) is 23.9. The maximum absolute atomic E-state index is 9.44. The van der Waals surface area contributed by atoms with Crippen LogP contribution in [-0.2, 0) is 0 Å². The molecule has 34 heavy (non-hydrogen) atoms. The Labute approximate surface area is 203 Å².